The lowest BCUT2D eigenvalue weighted by Crippen LogP contribution is -2.13. The second-order valence-electron chi connectivity index (χ2n) is 2.54. The summed E-state index contributed by atoms with van der Waals surface area (Å²) in [6.45, 7) is 1.95. The zero-order valence-corrected chi connectivity index (χ0v) is 8.82. The molecule has 1 aromatic rings. The third-order valence-electron chi connectivity index (χ3n) is 1.41. The molecular formula is C9H10BrNO2. The molecule has 70 valence electrons. The first-order valence-corrected chi connectivity index (χ1v) is 4.82. The minimum absolute atomic E-state index is 0.232. The van der Waals surface area contributed by atoms with Crippen molar-refractivity contribution in [1.82, 2.24) is 4.98 Å². The Balaban J connectivity index is 2.40. The number of aromatic nitrogens is 1. The number of hydrogen-bond acceptors (Lipinski definition) is 3. The van der Waals surface area contributed by atoms with Crippen molar-refractivity contribution in [1.29, 1.82) is 0 Å². The van der Waals surface area contributed by atoms with Crippen LogP contribution in [-0.4, -0.2) is 15.8 Å². The minimum Gasteiger partial charge on any atom is -0.458 e. The lowest BCUT2D eigenvalue weighted by atomic mass is 10.4. The summed E-state index contributed by atoms with van der Waals surface area (Å²) in [5.41, 5.74) is 0.754. The van der Waals surface area contributed by atoms with Gasteiger partial charge in [0.15, 0.2) is 0 Å². The van der Waals surface area contributed by atoms with Gasteiger partial charge in [0.1, 0.15) is 11.4 Å². The van der Waals surface area contributed by atoms with Gasteiger partial charge in [-0.1, -0.05) is 22.0 Å². The Bertz CT molecular complexity index is 274. The number of hydrogen-bond donors (Lipinski definition) is 0. The quantitative estimate of drug-likeness (QED) is 0.602. The highest BCUT2D eigenvalue weighted by molar-refractivity contribution is 9.10. The average molecular weight is 244 g/mol. The molecule has 1 heterocycles. The van der Waals surface area contributed by atoms with Gasteiger partial charge in [-0.15, -0.1) is 0 Å². The molecule has 1 unspecified atom stereocenters. The molecule has 0 radical (unpaired) electrons. The van der Waals surface area contributed by atoms with Crippen LogP contribution in [0.1, 0.15) is 12.6 Å². The van der Waals surface area contributed by atoms with E-state index in [2.05, 4.69) is 20.9 Å². The van der Waals surface area contributed by atoms with E-state index in [0.717, 1.165) is 5.69 Å². The van der Waals surface area contributed by atoms with Crippen molar-refractivity contribution in [3.8, 4) is 0 Å². The van der Waals surface area contributed by atoms with Gasteiger partial charge in [-0.2, -0.15) is 0 Å². The van der Waals surface area contributed by atoms with E-state index >= 15 is 0 Å². The second kappa shape index (κ2) is 4.97. The SMILES string of the molecule is CC(Br)C(=O)OCc1ccccn1. The fourth-order valence-corrected chi connectivity index (χ4v) is 0.876. The van der Waals surface area contributed by atoms with Crippen LogP contribution < -0.4 is 0 Å². The normalized spacial score (nSPS) is 12.2. The van der Waals surface area contributed by atoms with Crippen LogP contribution in [0.25, 0.3) is 0 Å². The van der Waals surface area contributed by atoms with Gasteiger partial charge in [-0.05, 0) is 19.1 Å². The maximum atomic E-state index is 11.0. The van der Waals surface area contributed by atoms with Crippen LogP contribution in [0.5, 0.6) is 0 Å². The second-order valence-corrected chi connectivity index (χ2v) is 3.92. The first kappa shape index (κ1) is 10.2. The fraction of sp³-hybridized carbons (Fsp3) is 0.333. The molecule has 0 spiro atoms. The first-order chi connectivity index (χ1) is 6.20. The van der Waals surface area contributed by atoms with E-state index in [9.17, 15) is 4.79 Å². The monoisotopic (exact) mass is 243 g/mol. The Labute approximate surface area is 85.3 Å². The molecule has 3 nitrogen and oxygen atoms in total. The molecule has 0 saturated heterocycles. The molecule has 0 aliphatic carbocycles. The highest BCUT2D eigenvalue weighted by Gasteiger charge is 2.09. The summed E-state index contributed by atoms with van der Waals surface area (Å²) in [6.07, 6.45) is 1.67. The molecular weight excluding hydrogens is 234 g/mol. The topological polar surface area (TPSA) is 39.2 Å². The molecule has 4 heteroatoms. The summed E-state index contributed by atoms with van der Waals surface area (Å²) in [6, 6.07) is 5.48. The summed E-state index contributed by atoms with van der Waals surface area (Å²) < 4.78 is 4.94. The summed E-state index contributed by atoms with van der Waals surface area (Å²) in [7, 11) is 0. The Hall–Kier alpha value is -0.900. The molecule has 1 aromatic heterocycles. The van der Waals surface area contributed by atoms with Crippen LogP contribution in [0.2, 0.25) is 0 Å². The molecule has 0 aromatic carbocycles. The van der Waals surface area contributed by atoms with Crippen molar-refractivity contribution in [2.75, 3.05) is 0 Å². The molecule has 0 aliphatic rings. The maximum Gasteiger partial charge on any atom is 0.319 e. The highest BCUT2D eigenvalue weighted by Crippen LogP contribution is 2.03. The van der Waals surface area contributed by atoms with E-state index in [0.29, 0.717) is 0 Å². The highest BCUT2D eigenvalue weighted by atomic mass is 79.9. The lowest BCUT2D eigenvalue weighted by Gasteiger charge is -2.04. The number of pyridine rings is 1. The molecule has 0 N–H and O–H groups in total. The Kier molecular flexibility index (Phi) is 3.89. The first-order valence-electron chi connectivity index (χ1n) is 3.91. The van der Waals surface area contributed by atoms with Crippen molar-refractivity contribution in [2.24, 2.45) is 0 Å². The summed E-state index contributed by atoms with van der Waals surface area (Å²) in [4.78, 5) is 14.8. The van der Waals surface area contributed by atoms with Crippen LogP contribution in [0, 0.1) is 0 Å². The van der Waals surface area contributed by atoms with E-state index in [-0.39, 0.29) is 17.4 Å². The average Bonchev–Trinajstić information content (AvgIpc) is 2.15. The van der Waals surface area contributed by atoms with Gasteiger partial charge in [0.2, 0.25) is 0 Å². The molecule has 1 rings (SSSR count). The number of nitrogens with zero attached hydrogens (tertiary/aromatic N) is 1. The third-order valence-corrected chi connectivity index (χ3v) is 1.79. The van der Waals surface area contributed by atoms with Gasteiger partial charge in [0, 0.05) is 6.20 Å². The molecule has 0 aliphatic heterocycles. The number of carbonyl (C=O) groups is 1. The van der Waals surface area contributed by atoms with Gasteiger partial charge in [-0.3, -0.25) is 9.78 Å². The van der Waals surface area contributed by atoms with Crippen molar-refractivity contribution in [3.05, 3.63) is 30.1 Å². The number of ether oxygens (including phenoxy) is 1. The number of alkyl halides is 1. The Morgan fingerprint density at radius 1 is 1.69 bits per heavy atom. The van der Waals surface area contributed by atoms with Crippen LogP contribution >= 0.6 is 15.9 Å². The molecule has 0 saturated carbocycles. The standard InChI is InChI=1S/C9H10BrNO2/c1-7(10)9(12)13-6-8-4-2-3-5-11-8/h2-5,7H,6H2,1H3. The zero-order chi connectivity index (χ0) is 9.68. The number of esters is 1. The van der Waals surface area contributed by atoms with Crippen molar-refractivity contribution < 1.29 is 9.53 Å². The smallest absolute Gasteiger partial charge is 0.319 e. The lowest BCUT2D eigenvalue weighted by molar-refractivity contribution is -0.143. The maximum absolute atomic E-state index is 11.0. The predicted molar refractivity (Wildman–Crippen MR) is 52.4 cm³/mol. The van der Waals surface area contributed by atoms with E-state index in [4.69, 9.17) is 4.74 Å². The van der Waals surface area contributed by atoms with E-state index in [1.165, 1.54) is 0 Å². The van der Waals surface area contributed by atoms with Gasteiger partial charge in [-0.25, -0.2) is 0 Å². The Morgan fingerprint density at radius 3 is 3.00 bits per heavy atom. The number of carbonyl (C=O) groups excluding carboxylic acids is 1. The largest absolute Gasteiger partial charge is 0.458 e. The van der Waals surface area contributed by atoms with Crippen LogP contribution in [-0.2, 0) is 16.1 Å². The summed E-state index contributed by atoms with van der Waals surface area (Å²) in [5, 5.41) is 0. The van der Waals surface area contributed by atoms with Crippen LogP contribution in [0.15, 0.2) is 24.4 Å². The molecule has 1 atom stereocenters. The zero-order valence-electron chi connectivity index (χ0n) is 7.24. The Morgan fingerprint density at radius 2 is 2.46 bits per heavy atom. The van der Waals surface area contributed by atoms with E-state index < -0.39 is 0 Å². The van der Waals surface area contributed by atoms with Gasteiger partial charge < -0.3 is 4.74 Å². The summed E-state index contributed by atoms with van der Waals surface area (Å²) >= 11 is 3.12. The van der Waals surface area contributed by atoms with Crippen LogP contribution in [0.4, 0.5) is 0 Å². The number of rotatable bonds is 3. The summed E-state index contributed by atoms with van der Waals surface area (Å²) in [5.74, 6) is -0.273. The fourth-order valence-electron chi connectivity index (χ4n) is 0.743. The van der Waals surface area contributed by atoms with Gasteiger partial charge in [0.25, 0.3) is 0 Å². The van der Waals surface area contributed by atoms with Gasteiger partial charge in [0.05, 0.1) is 5.69 Å². The number of halogens is 1. The third kappa shape index (κ3) is 3.55. The van der Waals surface area contributed by atoms with Gasteiger partial charge >= 0.3 is 5.97 Å². The van der Waals surface area contributed by atoms with E-state index in [1.54, 1.807) is 13.1 Å². The van der Waals surface area contributed by atoms with Crippen molar-refractivity contribution in [3.63, 3.8) is 0 Å². The molecule has 0 amide bonds. The molecule has 0 bridgehead atoms. The minimum atomic E-state index is -0.273. The molecule has 13 heavy (non-hydrogen) atoms. The van der Waals surface area contributed by atoms with Crippen molar-refractivity contribution in [2.45, 2.75) is 18.4 Å². The predicted octanol–water partition coefficient (Wildman–Crippen LogP) is 1.91. The van der Waals surface area contributed by atoms with E-state index in [1.807, 2.05) is 18.2 Å². The molecule has 0 fully saturated rings. The van der Waals surface area contributed by atoms with Crippen molar-refractivity contribution >= 4 is 21.9 Å². The van der Waals surface area contributed by atoms with Crippen LogP contribution in [0.3, 0.4) is 0 Å².